The topological polar surface area (TPSA) is 54.8 Å². The first-order valence-electron chi connectivity index (χ1n) is 4.27. The molecule has 1 aromatic heterocycles. The van der Waals surface area contributed by atoms with Gasteiger partial charge in [-0.3, -0.25) is 0 Å². The maximum atomic E-state index is 5.49. The predicted octanol–water partition coefficient (Wildman–Crippen LogP) is 1.57. The van der Waals surface area contributed by atoms with Crippen molar-refractivity contribution >= 4 is 23.5 Å². The van der Waals surface area contributed by atoms with Crippen molar-refractivity contribution in [3.8, 4) is 0 Å². The highest BCUT2D eigenvalue weighted by Crippen LogP contribution is 2.01. The molecule has 1 heterocycles. The summed E-state index contributed by atoms with van der Waals surface area (Å²) in [6.45, 7) is 3.91. The minimum absolute atomic E-state index is 0.138. The van der Waals surface area contributed by atoms with Crippen LogP contribution in [0.15, 0.2) is 27.9 Å². The number of furan rings is 1. The number of nitrogens with zero attached hydrogens (tertiary/aromatic N) is 2. The summed E-state index contributed by atoms with van der Waals surface area (Å²) in [5.74, 6) is 0.673. The fourth-order valence-electron chi connectivity index (χ4n) is 0.929. The molecule has 0 radical (unpaired) electrons. The van der Waals surface area contributed by atoms with Crippen LogP contribution in [0.4, 0.5) is 0 Å². The lowest BCUT2D eigenvalue weighted by Crippen LogP contribution is -2.36. The lowest BCUT2D eigenvalue weighted by Gasteiger charge is -2.20. The second-order valence-electron chi connectivity index (χ2n) is 3.04. The van der Waals surface area contributed by atoms with Crippen LogP contribution in [-0.2, 0) is 0 Å². The van der Waals surface area contributed by atoms with Crippen LogP contribution in [-0.4, -0.2) is 22.4 Å². The molecular formula is C9H13N3OS. The summed E-state index contributed by atoms with van der Waals surface area (Å²) < 4.78 is 5.08. The average molecular weight is 211 g/mol. The van der Waals surface area contributed by atoms with Crippen LogP contribution in [0.1, 0.15) is 19.6 Å². The lowest BCUT2D eigenvalue weighted by atomic mass is 10.4. The first-order chi connectivity index (χ1) is 6.61. The Kier molecular flexibility index (Phi) is 3.64. The number of hydrogen-bond acceptors (Lipinski definition) is 3. The number of hydrazone groups is 1. The Morgan fingerprint density at radius 3 is 2.86 bits per heavy atom. The van der Waals surface area contributed by atoms with Gasteiger partial charge in [-0.15, -0.1) is 0 Å². The van der Waals surface area contributed by atoms with E-state index in [-0.39, 0.29) is 11.2 Å². The molecule has 0 spiro atoms. The van der Waals surface area contributed by atoms with Gasteiger partial charge < -0.3 is 10.2 Å². The second kappa shape index (κ2) is 4.76. The van der Waals surface area contributed by atoms with E-state index in [2.05, 4.69) is 5.10 Å². The molecule has 0 atom stereocenters. The molecule has 5 heteroatoms. The number of hydrogen-bond donors (Lipinski definition) is 1. The van der Waals surface area contributed by atoms with E-state index in [1.54, 1.807) is 23.6 Å². The summed E-state index contributed by atoms with van der Waals surface area (Å²) in [6.07, 6.45) is 3.17. The zero-order chi connectivity index (χ0) is 10.6. The summed E-state index contributed by atoms with van der Waals surface area (Å²) in [5.41, 5.74) is 5.49. The van der Waals surface area contributed by atoms with Gasteiger partial charge in [-0.05, 0) is 38.2 Å². The van der Waals surface area contributed by atoms with Gasteiger partial charge in [-0.2, -0.15) is 5.10 Å². The molecule has 0 bridgehead atoms. The van der Waals surface area contributed by atoms with Crippen LogP contribution < -0.4 is 5.73 Å². The lowest BCUT2D eigenvalue weighted by molar-refractivity contribution is 0.372. The Hall–Kier alpha value is -1.36. The van der Waals surface area contributed by atoms with Crippen LogP contribution in [0, 0.1) is 0 Å². The SMILES string of the molecule is CC(C)N(/N=C/c1ccco1)C(N)=S. The first-order valence-corrected chi connectivity index (χ1v) is 4.68. The Labute approximate surface area is 88.4 Å². The molecule has 14 heavy (non-hydrogen) atoms. The molecule has 2 N–H and O–H groups in total. The molecule has 0 fully saturated rings. The van der Waals surface area contributed by atoms with Gasteiger partial charge in [-0.1, -0.05) is 0 Å². The fourth-order valence-corrected chi connectivity index (χ4v) is 1.19. The van der Waals surface area contributed by atoms with E-state index in [9.17, 15) is 0 Å². The van der Waals surface area contributed by atoms with Gasteiger partial charge >= 0.3 is 0 Å². The van der Waals surface area contributed by atoms with E-state index in [0.29, 0.717) is 5.76 Å². The highest BCUT2D eigenvalue weighted by molar-refractivity contribution is 7.80. The van der Waals surface area contributed by atoms with Crippen molar-refractivity contribution in [1.29, 1.82) is 0 Å². The van der Waals surface area contributed by atoms with E-state index in [1.165, 1.54) is 0 Å². The van der Waals surface area contributed by atoms with Crippen molar-refractivity contribution in [2.45, 2.75) is 19.9 Å². The van der Waals surface area contributed by atoms with E-state index in [0.717, 1.165) is 0 Å². The Morgan fingerprint density at radius 2 is 2.43 bits per heavy atom. The van der Waals surface area contributed by atoms with Crippen molar-refractivity contribution in [2.75, 3.05) is 0 Å². The molecule has 0 aromatic carbocycles. The van der Waals surface area contributed by atoms with Crippen molar-refractivity contribution < 1.29 is 4.42 Å². The molecule has 1 aromatic rings. The maximum Gasteiger partial charge on any atom is 0.187 e. The third-order valence-corrected chi connectivity index (χ3v) is 1.75. The van der Waals surface area contributed by atoms with Crippen LogP contribution in [0.3, 0.4) is 0 Å². The molecule has 4 nitrogen and oxygen atoms in total. The molecule has 0 saturated heterocycles. The van der Waals surface area contributed by atoms with Crippen molar-refractivity contribution in [2.24, 2.45) is 10.8 Å². The Morgan fingerprint density at radius 1 is 1.71 bits per heavy atom. The summed E-state index contributed by atoms with van der Waals surface area (Å²) >= 11 is 4.85. The quantitative estimate of drug-likeness (QED) is 0.468. The highest BCUT2D eigenvalue weighted by atomic mass is 32.1. The summed E-state index contributed by atoms with van der Waals surface area (Å²) in [5, 5.41) is 5.92. The Bertz CT molecular complexity index is 319. The van der Waals surface area contributed by atoms with Gasteiger partial charge in [0.05, 0.1) is 12.5 Å². The number of rotatable bonds is 3. The zero-order valence-electron chi connectivity index (χ0n) is 8.18. The van der Waals surface area contributed by atoms with Crippen molar-refractivity contribution in [1.82, 2.24) is 5.01 Å². The largest absolute Gasteiger partial charge is 0.463 e. The van der Waals surface area contributed by atoms with Crippen LogP contribution in [0.25, 0.3) is 0 Å². The van der Waals surface area contributed by atoms with Crippen LogP contribution >= 0.6 is 12.2 Å². The van der Waals surface area contributed by atoms with Gasteiger partial charge in [0, 0.05) is 6.04 Å². The third-order valence-electron chi connectivity index (χ3n) is 1.57. The van der Waals surface area contributed by atoms with Gasteiger partial charge in [0.1, 0.15) is 5.76 Å². The summed E-state index contributed by atoms with van der Waals surface area (Å²) in [6, 6.07) is 3.74. The smallest absolute Gasteiger partial charge is 0.187 e. The number of nitrogens with two attached hydrogens (primary N) is 1. The molecular weight excluding hydrogens is 198 g/mol. The Balaban J connectivity index is 2.69. The summed E-state index contributed by atoms with van der Waals surface area (Å²) in [7, 11) is 0. The normalized spacial score (nSPS) is 11.1. The third kappa shape index (κ3) is 2.85. The number of thiocarbonyl (C=S) groups is 1. The van der Waals surface area contributed by atoms with Crippen molar-refractivity contribution in [3.63, 3.8) is 0 Å². The fraction of sp³-hybridized carbons (Fsp3) is 0.333. The molecule has 0 aliphatic carbocycles. The maximum absolute atomic E-state index is 5.49. The van der Waals surface area contributed by atoms with Crippen molar-refractivity contribution in [3.05, 3.63) is 24.2 Å². The van der Waals surface area contributed by atoms with E-state index < -0.39 is 0 Å². The van der Waals surface area contributed by atoms with E-state index >= 15 is 0 Å². The van der Waals surface area contributed by atoms with E-state index in [1.807, 2.05) is 19.9 Å². The minimum Gasteiger partial charge on any atom is -0.463 e. The predicted molar refractivity (Wildman–Crippen MR) is 60.1 cm³/mol. The van der Waals surface area contributed by atoms with Crippen LogP contribution in [0.2, 0.25) is 0 Å². The average Bonchev–Trinajstić information content (AvgIpc) is 2.55. The second-order valence-corrected chi connectivity index (χ2v) is 3.45. The van der Waals surface area contributed by atoms with Gasteiger partial charge in [-0.25, -0.2) is 5.01 Å². The highest BCUT2D eigenvalue weighted by Gasteiger charge is 2.07. The molecule has 0 aliphatic rings. The zero-order valence-corrected chi connectivity index (χ0v) is 8.99. The van der Waals surface area contributed by atoms with Gasteiger partial charge in [0.2, 0.25) is 0 Å². The van der Waals surface area contributed by atoms with Gasteiger partial charge in [0.15, 0.2) is 5.11 Å². The molecule has 0 aliphatic heterocycles. The molecule has 0 amide bonds. The first kappa shape index (κ1) is 10.7. The monoisotopic (exact) mass is 211 g/mol. The molecule has 0 unspecified atom stereocenters. The standard InChI is InChI=1S/C9H13N3OS/c1-7(2)12(9(10)14)11-6-8-4-3-5-13-8/h3-7H,1-2H3,(H2,10,14)/b11-6+. The summed E-state index contributed by atoms with van der Waals surface area (Å²) in [4.78, 5) is 0. The molecule has 76 valence electrons. The molecule has 1 rings (SSSR count). The minimum atomic E-state index is 0.138. The van der Waals surface area contributed by atoms with Gasteiger partial charge in [0.25, 0.3) is 0 Å². The van der Waals surface area contributed by atoms with Crippen LogP contribution in [0.5, 0.6) is 0 Å². The molecule has 0 saturated carbocycles. The van der Waals surface area contributed by atoms with E-state index in [4.69, 9.17) is 22.4 Å².